The highest BCUT2D eigenvalue weighted by Crippen LogP contribution is 2.77. The van der Waals surface area contributed by atoms with E-state index in [9.17, 15) is 0 Å². The van der Waals surface area contributed by atoms with Gasteiger partial charge in [-0.1, -0.05) is 302 Å². The maximum absolute atomic E-state index is 6.42. The molecule has 0 aromatic rings. The summed E-state index contributed by atoms with van der Waals surface area (Å²) in [6.45, 7) is 0. The summed E-state index contributed by atoms with van der Waals surface area (Å²) in [7, 11) is 0. The summed E-state index contributed by atoms with van der Waals surface area (Å²) in [6.07, 6.45) is 0. The molecule has 0 saturated carbocycles. The molecule has 0 aliphatic carbocycles. The molecule has 0 N–H and O–H groups in total. The molecule has 0 aromatic heterocycles. The largest absolute Gasteiger partial charge is 0.216 e. The second-order valence-corrected chi connectivity index (χ2v) is 25.1. The van der Waals surface area contributed by atoms with Gasteiger partial charge in [-0.2, -0.15) is 0 Å². The highest BCUT2D eigenvalue weighted by atomic mass is 35.6. The van der Waals surface area contributed by atoms with E-state index in [4.69, 9.17) is 313 Å². The van der Waals surface area contributed by atoms with Gasteiger partial charge in [0.1, 0.15) is 0 Å². The molecule has 0 fully saturated rings. The number of halogens is 27. The molecule has 0 aliphatic heterocycles. The van der Waals surface area contributed by atoms with Crippen LogP contribution in [0.5, 0.6) is 0 Å². The number of rotatable bonds is 10. The van der Waals surface area contributed by atoms with Crippen LogP contribution < -0.4 is 0 Å². The summed E-state index contributed by atoms with van der Waals surface area (Å²) >= 11 is 167. The van der Waals surface area contributed by atoms with Crippen LogP contribution in [0, 0.1) is 4.84 Å². The standard InChI is InChI=1S/C13Cl27/c14-1(15)2(16,17)4(19,20)6(23,24)8(27,28)10(31,32)11(33,34)9(29,30)7(25,26)5(21,22)3(18,12(35,36)37)13(38,39)40. The Morgan fingerprint density at radius 1 is 0.250 bits per heavy atom. The van der Waals surface area contributed by atoms with Gasteiger partial charge in [0.15, 0.2) is 48.7 Å². The highest BCUT2D eigenvalue weighted by molar-refractivity contribution is 6.85. The van der Waals surface area contributed by atoms with Crippen molar-refractivity contribution in [3.63, 3.8) is 0 Å². The van der Waals surface area contributed by atoms with Gasteiger partial charge in [-0.25, -0.2) is 0 Å². The Labute approximate surface area is 363 Å². The normalized spacial score (nSPS) is 17.1. The summed E-state index contributed by atoms with van der Waals surface area (Å²) in [5.74, 6) is 0. The molecule has 0 aromatic carbocycles. The van der Waals surface area contributed by atoms with E-state index in [-0.39, 0.29) is 0 Å². The lowest BCUT2D eigenvalue weighted by Gasteiger charge is -2.58. The Morgan fingerprint density at radius 3 is 0.600 bits per heavy atom. The average Bonchev–Trinajstić information content (AvgIpc) is 2.69. The van der Waals surface area contributed by atoms with E-state index in [0.717, 1.165) is 0 Å². The van der Waals surface area contributed by atoms with Crippen molar-refractivity contribution >= 4 is 313 Å². The van der Waals surface area contributed by atoms with Crippen LogP contribution in [-0.4, -0.2) is 51.5 Å². The van der Waals surface area contributed by atoms with Gasteiger partial charge in [0, 0.05) is 0 Å². The first-order valence-electron chi connectivity index (χ1n) is 8.10. The van der Waals surface area contributed by atoms with Crippen molar-refractivity contribution in [1.82, 2.24) is 0 Å². The quantitative estimate of drug-likeness (QED) is 0.191. The molecule has 27 heteroatoms. The molecule has 0 spiro atoms. The molecule has 0 heterocycles. The van der Waals surface area contributed by atoms with Crippen molar-refractivity contribution in [2.45, 2.75) is 51.5 Å². The monoisotopic (exact) mass is 1100 g/mol. The third-order valence-corrected chi connectivity index (χ3v) is 22.0. The highest BCUT2D eigenvalue weighted by Gasteiger charge is 2.86. The van der Waals surface area contributed by atoms with Gasteiger partial charge in [0.25, 0.3) is 0 Å². The van der Waals surface area contributed by atoms with Gasteiger partial charge in [0.05, 0.1) is 0 Å². The van der Waals surface area contributed by atoms with E-state index in [1.54, 1.807) is 0 Å². The van der Waals surface area contributed by atoms with Crippen LogP contribution in [0.4, 0.5) is 0 Å². The van der Waals surface area contributed by atoms with Crippen molar-refractivity contribution in [3.8, 4) is 0 Å². The molecule has 40 heavy (non-hydrogen) atoms. The van der Waals surface area contributed by atoms with Gasteiger partial charge < -0.3 is 0 Å². The van der Waals surface area contributed by atoms with Gasteiger partial charge >= 0.3 is 0 Å². The third kappa shape index (κ3) is 7.23. The Balaban J connectivity index is 7.49. The van der Waals surface area contributed by atoms with Gasteiger partial charge in [0.2, 0.25) is 7.59 Å². The lowest BCUT2D eigenvalue weighted by molar-refractivity contribution is 0.396. The maximum Gasteiger partial charge on any atom is 0.216 e. The SMILES string of the molecule is Cl[C](Cl)C(Cl)(Cl)C(Cl)(Cl)C(Cl)(Cl)C(Cl)(Cl)C(Cl)(Cl)C(Cl)(Cl)C(Cl)(Cl)C(Cl)(Cl)C(Cl)(Cl)C(Cl)(C(Cl)(Cl)Cl)C(Cl)(Cl)Cl. The lowest BCUT2D eigenvalue weighted by atomic mass is 9.95. The number of hydrogen-bond donors (Lipinski definition) is 0. The fourth-order valence-corrected chi connectivity index (χ4v) is 12.0. The summed E-state index contributed by atoms with van der Waals surface area (Å²) in [4.78, 5) is -4.11. The van der Waals surface area contributed by atoms with Crippen LogP contribution in [0.1, 0.15) is 0 Å². The first-order valence-corrected chi connectivity index (χ1v) is 18.3. The molecule has 0 rings (SSSR count). The van der Waals surface area contributed by atoms with Crippen molar-refractivity contribution in [1.29, 1.82) is 0 Å². The maximum atomic E-state index is 6.42. The molecule has 0 atom stereocenters. The Morgan fingerprint density at radius 2 is 0.425 bits per heavy atom. The van der Waals surface area contributed by atoms with E-state index in [1.165, 1.54) is 0 Å². The van der Waals surface area contributed by atoms with Crippen molar-refractivity contribution in [2.24, 2.45) is 0 Å². The zero-order chi connectivity index (χ0) is 33.6. The first-order chi connectivity index (χ1) is 16.7. The minimum absolute atomic E-state index is 0.927. The van der Waals surface area contributed by atoms with E-state index in [0.29, 0.717) is 0 Å². The molecule has 0 unspecified atom stereocenters. The van der Waals surface area contributed by atoms with Crippen molar-refractivity contribution in [2.75, 3.05) is 0 Å². The minimum Gasteiger partial charge on any atom is -0.106 e. The van der Waals surface area contributed by atoms with Crippen LogP contribution >= 0.6 is 313 Å². The second-order valence-electron chi connectivity index (χ2n) is 7.08. The van der Waals surface area contributed by atoms with Crippen LogP contribution in [0.15, 0.2) is 0 Å². The van der Waals surface area contributed by atoms with Gasteiger partial charge in [-0.15, -0.1) is 11.6 Å². The minimum atomic E-state index is -3.43. The molecule has 241 valence electrons. The average molecular weight is 1110 g/mol. The predicted octanol–water partition coefficient (Wildman–Crippen LogP) is 16.2. The molecular weight excluding hydrogens is 1110 g/mol. The molecule has 0 aliphatic rings. The topological polar surface area (TPSA) is 0 Å². The van der Waals surface area contributed by atoms with Crippen LogP contribution in [0.2, 0.25) is 0 Å². The smallest absolute Gasteiger partial charge is 0.106 e. The van der Waals surface area contributed by atoms with Crippen molar-refractivity contribution < 1.29 is 0 Å². The third-order valence-electron chi connectivity index (χ3n) is 4.61. The second kappa shape index (κ2) is 14.3. The van der Waals surface area contributed by atoms with E-state index >= 15 is 0 Å². The Hall–Kier alpha value is 7.83. The van der Waals surface area contributed by atoms with E-state index in [2.05, 4.69) is 0 Å². The van der Waals surface area contributed by atoms with E-state index < -0.39 is 56.3 Å². The van der Waals surface area contributed by atoms with E-state index in [1.807, 2.05) is 0 Å². The lowest BCUT2D eigenvalue weighted by Crippen LogP contribution is -2.75. The molecular formula is C13Cl27. The predicted molar refractivity (Wildman–Crippen MR) is 194 cm³/mol. The molecule has 0 saturated heterocycles. The summed E-state index contributed by atoms with van der Waals surface area (Å²) in [6, 6.07) is 0. The fourth-order valence-electron chi connectivity index (χ4n) is 2.23. The Bertz CT molecular complexity index is 898. The van der Waals surface area contributed by atoms with Crippen LogP contribution in [0.3, 0.4) is 0 Å². The molecule has 0 amide bonds. The molecule has 0 bridgehead atoms. The zero-order valence-corrected chi connectivity index (χ0v) is 37.1. The summed E-state index contributed by atoms with van der Waals surface area (Å²) < 4.78 is -35.3. The summed E-state index contributed by atoms with van der Waals surface area (Å²) in [5, 5.41) is 0. The molecule has 1 radical (unpaired) electrons. The molecule has 0 nitrogen and oxygen atoms in total. The van der Waals surface area contributed by atoms with Crippen molar-refractivity contribution in [3.05, 3.63) is 4.84 Å². The van der Waals surface area contributed by atoms with Crippen LogP contribution in [0.25, 0.3) is 0 Å². The fraction of sp³-hybridized carbons (Fsp3) is 0.923. The first kappa shape index (κ1) is 47.8. The van der Waals surface area contributed by atoms with Gasteiger partial charge in [-0.05, 0) is 0 Å². The summed E-state index contributed by atoms with van der Waals surface area (Å²) in [5.41, 5.74) is 0. The number of hydrogen-bond acceptors (Lipinski definition) is 0. The van der Waals surface area contributed by atoms with Crippen LogP contribution in [-0.2, 0) is 0 Å². The zero-order valence-electron chi connectivity index (χ0n) is 16.7. The Kier molecular flexibility index (Phi) is 17.1. The number of alkyl halides is 25. The van der Waals surface area contributed by atoms with Gasteiger partial charge in [-0.3, -0.25) is 0 Å².